The molecule has 3 aromatic heterocycles. The van der Waals surface area contributed by atoms with Crippen LogP contribution < -0.4 is 5.32 Å². The Morgan fingerprint density at radius 2 is 2.07 bits per heavy atom. The molecule has 1 N–H and O–H groups in total. The predicted molar refractivity (Wildman–Crippen MR) is 117 cm³/mol. The first-order chi connectivity index (χ1) is 14.2. The highest BCUT2D eigenvalue weighted by Gasteiger charge is 2.16. The summed E-state index contributed by atoms with van der Waals surface area (Å²) in [5.41, 5.74) is 2.72. The Morgan fingerprint density at radius 1 is 1.21 bits per heavy atom. The van der Waals surface area contributed by atoms with Crippen molar-refractivity contribution in [1.29, 1.82) is 0 Å². The first-order valence-corrected chi connectivity index (χ1v) is 11.6. The molecule has 0 saturated heterocycles. The number of carbonyl (C=O) groups is 1. The number of aromatic nitrogens is 4. The maximum Gasteiger partial charge on any atom is 0.230 e. The van der Waals surface area contributed by atoms with E-state index in [4.69, 9.17) is 0 Å². The van der Waals surface area contributed by atoms with Crippen molar-refractivity contribution in [2.45, 2.75) is 50.1 Å². The minimum atomic E-state index is 0.0761. The van der Waals surface area contributed by atoms with Gasteiger partial charge in [-0.15, -0.1) is 21.5 Å². The Labute approximate surface area is 178 Å². The van der Waals surface area contributed by atoms with Crippen molar-refractivity contribution in [3.05, 3.63) is 42.4 Å². The van der Waals surface area contributed by atoms with E-state index in [2.05, 4.69) is 25.5 Å². The van der Waals surface area contributed by atoms with Crippen LogP contribution in [0, 0.1) is 6.92 Å². The van der Waals surface area contributed by atoms with Gasteiger partial charge in [0, 0.05) is 24.0 Å². The zero-order valence-corrected chi connectivity index (χ0v) is 17.9. The minimum Gasteiger partial charge on any atom is -0.353 e. The van der Waals surface area contributed by atoms with Gasteiger partial charge < -0.3 is 5.32 Å². The fourth-order valence-corrected chi connectivity index (χ4v) is 5.07. The largest absolute Gasteiger partial charge is 0.353 e. The van der Waals surface area contributed by atoms with Gasteiger partial charge in [0.2, 0.25) is 5.91 Å². The van der Waals surface area contributed by atoms with Crippen molar-refractivity contribution in [3.63, 3.8) is 0 Å². The van der Waals surface area contributed by atoms with Gasteiger partial charge in [-0.1, -0.05) is 31.0 Å². The maximum atomic E-state index is 12.2. The van der Waals surface area contributed by atoms with Crippen LogP contribution >= 0.6 is 23.1 Å². The lowest BCUT2D eigenvalue weighted by atomic mass is 9.95. The van der Waals surface area contributed by atoms with Crippen LogP contribution in [0.5, 0.6) is 0 Å². The summed E-state index contributed by atoms with van der Waals surface area (Å²) in [5, 5.41) is 13.5. The summed E-state index contributed by atoms with van der Waals surface area (Å²) in [6.07, 6.45) is 9.47. The number of pyridine rings is 1. The van der Waals surface area contributed by atoms with Gasteiger partial charge >= 0.3 is 0 Å². The monoisotopic (exact) mass is 425 g/mol. The molecule has 3 heterocycles. The smallest absolute Gasteiger partial charge is 0.230 e. The molecule has 0 aliphatic heterocycles. The molecule has 1 saturated carbocycles. The molecule has 8 heteroatoms. The first kappa shape index (κ1) is 20.0. The molecule has 1 amide bonds. The fraction of sp³-hybridized carbons (Fsp3) is 0.381. The van der Waals surface area contributed by atoms with Gasteiger partial charge in [0.25, 0.3) is 0 Å². The highest BCUT2D eigenvalue weighted by Crippen LogP contribution is 2.34. The first-order valence-electron chi connectivity index (χ1n) is 9.83. The van der Waals surface area contributed by atoms with E-state index in [-0.39, 0.29) is 5.91 Å². The van der Waals surface area contributed by atoms with Crippen molar-refractivity contribution in [1.82, 2.24) is 25.5 Å². The maximum absolute atomic E-state index is 12.2. The third-order valence-corrected chi connectivity index (χ3v) is 7.05. The van der Waals surface area contributed by atoms with Gasteiger partial charge in [-0.3, -0.25) is 9.78 Å². The Bertz CT molecular complexity index is 953. The average Bonchev–Trinajstić information content (AvgIpc) is 3.16. The molecule has 1 aliphatic carbocycles. The van der Waals surface area contributed by atoms with Crippen LogP contribution in [-0.4, -0.2) is 37.9 Å². The van der Waals surface area contributed by atoms with Crippen LogP contribution in [0.25, 0.3) is 21.1 Å². The van der Waals surface area contributed by atoms with Gasteiger partial charge in [0.15, 0.2) is 0 Å². The van der Waals surface area contributed by atoms with E-state index in [0.717, 1.165) is 44.7 Å². The van der Waals surface area contributed by atoms with Crippen molar-refractivity contribution >= 4 is 29.0 Å². The number of hydrogen-bond donors (Lipinski definition) is 1. The molecule has 0 unspecified atom stereocenters. The normalized spacial score (nSPS) is 14.7. The van der Waals surface area contributed by atoms with E-state index >= 15 is 0 Å². The standard InChI is InChI=1S/C21H23N5OS2/c1-14-20(29-21(23-14)15-6-5-11-22-12-15)17-9-10-19(26-25-17)28-13-18(27)24-16-7-3-2-4-8-16/h5-6,9-12,16H,2-4,7-8,13H2,1H3,(H,24,27). The number of rotatable bonds is 6. The second-order valence-electron chi connectivity index (χ2n) is 7.12. The third-order valence-electron chi connectivity index (χ3n) is 4.90. The van der Waals surface area contributed by atoms with E-state index < -0.39 is 0 Å². The van der Waals surface area contributed by atoms with Crippen molar-refractivity contribution in [2.75, 3.05) is 5.75 Å². The molecule has 29 heavy (non-hydrogen) atoms. The van der Waals surface area contributed by atoms with Gasteiger partial charge in [-0.05, 0) is 44.0 Å². The summed E-state index contributed by atoms with van der Waals surface area (Å²) in [6, 6.07) is 8.11. The number of thioether (sulfide) groups is 1. The molecule has 150 valence electrons. The third kappa shape index (κ3) is 5.19. The summed E-state index contributed by atoms with van der Waals surface area (Å²) in [7, 11) is 0. The molecule has 0 aromatic carbocycles. The minimum absolute atomic E-state index is 0.0761. The van der Waals surface area contributed by atoms with Crippen molar-refractivity contribution < 1.29 is 4.79 Å². The number of aryl methyl sites for hydroxylation is 1. The quantitative estimate of drug-likeness (QED) is 0.585. The second kappa shape index (κ2) is 9.45. The molecule has 3 aromatic rings. The van der Waals surface area contributed by atoms with Gasteiger partial charge in [-0.2, -0.15) is 0 Å². The number of hydrogen-bond acceptors (Lipinski definition) is 7. The average molecular weight is 426 g/mol. The molecular weight excluding hydrogens is 402 g/mol. The molecule has 4 rings (SSSR count). The van der Waals surface area contributed by atoms with Crippen molar-refractivity contribution in [3.8, 4) is 21.1 Å². The van der Waals surface area contributed by atoms with E-state index in [1.54, 1.807) is 17.5 Å². The topological polar surface area (TPSA) is 80.7 Å². The van der Waals surface area contributed by atoms with E-state index in [0.29, 0.717) is 11.8 Å². The van der Waals surface area contributed by atoms with Crippen LogP contribution in [0.1, 0.15) is 37.8 Å². The lowest BCUT2D eigenvalue weighted by molar-refractivity contribution is -0.119. The Kier molecular flexibility index (Phi) is 6.51. The summed E-state index contributed by atoms with van der Waals surface area (Å²) >= 11 is 3.01. The number of nitrogens with one attached hydrogen (secondary N) is 1. The Hall–Kier alpha value is -2.32. The molecule has 1 aliphatic rings. The van der Waals surface area contributed by atoms with Gasteiger partial charge in [0.1, 0.15) is 15.7 Å². The molecule has 0 bridgehead atoms. The van der Waals surface area contributed by atoms with E-state index in [1.165, 1.54) is 31.0 Å². The van der Waals surface area contributed by atoms with Gasteiger partial charge in [-0.25, -0.2) is 4.98 Å². The Morgan fingerprint density at radius 3 is 2.79 bits per heavy atom. The summed E-state index contributed by atoms with van der Waals surface area (Å²) in [4.78, 5) is 22.0. The second-order valence-corrected chi connectivity index (χ2v) is 9.12. The zero-order chi connectivity index (χ0) is 20.1. The molecule has 0 spiro atoms. The number of carbonyl (C=O) groups excluding carboxylic acids is 1. The number of thiazole rings is 1. The lowest BCUT2D eigenvalue weighted by Gasteiger charge is -2.22. The summed E-state index contributed by atoms with van der Waals surface area (Å²) in [6.45, 7) is 1.98. The van der Waals surface area contributed by atoms with Crippen LogP contribution in [-0.2, 0) is 4.79 Å². The fourth-order valence-electron chi connectivity index (χ4n) is 3.42. The summed E-state index contributed by atoms with van der Waals surface area (Å²) < 4.78 is 0. The van der Waals surface area contributed by atoms with Crippen LogP contribution in [0.2, 0.25) is 0 Å². The van der Waals surface area contributed by atoms with E-state index in [9.17, 15) is 4.79 Å². The summed E-state index contributed by atoms with van der Waals surface area (Å²) in [5.74, 6) is 0.446. The molecule has 0 radical (unpaired) electrons. The van der Waals surface area contributed by atoms with Crippen LogP contribution in [0.15, 0.2) is 41.7 Å². The number of amides is 1. The molecule has 6 nitrogen and oxygen atoms in total. The highest BCUT2D eigenvalue weighted by molar-refractivity contribution is 7.99. The predicted octanol–water partition coefficient (Wildman–Crippen LogP) is 4.51. The molecule has 0 atom stereocenters. The lowest BCUT2D eigenvalue weighted by Crippen LogP contribution is -2.37. The zero-order valence-electron chi connectivity index (χ0n) is 16.3. The van der Waals surface area contributed by atoms with Crippen molar-refractivity contribution in [2.24, 2.45) is 0 Å². The Balaban J connectivity index is 1.37. The molecular formula is C21H23N5OS2. The van der Waals surface area contributed by atoms with Gasteiger partial charge in [0.05, 0.1) is 16.3 Å². The highest BCUT2D eigenvalue weighted by atomic mass is 32.2. The van der Waals surface area contributed by atoms with Crippen LogP contribution in [0.4, 0.5) is 0 Å². The van der Waals surface area contributed by atoms with Crippen LogP contribution in [0.3, 0.4) is 0 Å². The molecule has 1 fully saturated rings. The SMILES string of the molecule is Cc1nc(-c2cccnc2)sc1-c1ccc(SCC(=O)NC2CCCCC2)nn1. The number of nitrogens with zero attached hydrogens (tertiary/aromatic N) is 4. The van der Waals surface area contributed by atoms with E-state index in [1.807, 2.05) is 37.4 Å².